The van der Waals surface area contributed by atoms with Crippen LogP contribution in [-0.2, 0) is 4.79 Å². The van der Waals surface area contributed by atoms with E-state index in [0.717, 1.165) is 40.9 Å². The van der Waals surface area contributed by atoms with Crippen LogP contribution in [0.3, 0.4) is 0 Å². The number of primary amides is 1. The van der Waals surface area contributed by atoms with E-state index in [4.69, 9.17) is 5.73 Å². The fraction of sp³-hybridized carbons (Fsp3) is 0.750. The third kappa shape index (κ3) is 5.46. The maximum Gasteiger partial charge on any atom is 0.237 e. The van der Waals surface area contributed by atoms with Crippen molar-refractivity contribution >= 4 is 29.0 Å². The van der Waals surface area contributed by atoms with E-state index < -0.39 is 5.54 Å². The number of thioether (sulfide) groups is 1. The predicted molar refractivity (Wildman–Crippen MR) is 80.5 cm³/mol. The maximum atomic E-state index is 11.4. The van der Waals surface area contributed by atoms with Crippen LogP contribution in [-0.4, -0.2) is 33.9 Å². The minimum atomic E-state index is -0.585. The largest absolute Gasteiger partial charge is 0.368 e. The number of aryl methyl sites for hydroxylation is 1. The van der Waals surface area contributed by atoms with Crippen LogP contribution in [0.4, 0.5) is 0 Å². The minimum absolute atomic E-state index is 0.276. The van der Waals surface area contributed by atoms with Crippen molar-refractivity contribution in [2.24, 2.45) is 5.73 Å². The number of likely N-dealkylation sites (N-methyl/N-ethyl adjacent to an activating group) is 1. The Morgan fingerprint density at radius 3 is 2.74 bits per heavy atom. The van der Waals surface area contributed by atoms with Crippen molar-refractivity contribution in [1.82, 2.24) is 15.5 Å². The Bertz CT molecular complexity index is 410. The van der Waals surface area contributed by atoms with Gasteiger partial charge in [-0.3, -0.25) is 4.79 Å². The first-order chi connectivity index (χ1) is 8.98. The van der Waals surface area contributed by atoms with Crippen molar-refractivity contribution in [2.75, 3.05) is 12.3 Å². The molecule has 0 aliphatic carbocycles. The summed E-state index contributed by atoms with van der Waals surface area (Å²) in [5.41, 5.74) is 4.86. The second kappa shape index (κ2) is 7.81. The van der Waals surface area contributed by atoms with Gasteiger partial charge in [0.2, 0.25) is 5.91 Å². The maximum absolute atomic E-state index is 11.4. The minimum Gasteiger partial charge on any atom is -0.368 e. The van der Waals surface area contributed by atoms with Gasteiger partial charge in [0.05, 0.1) is 5.54 Å². The van der Waals surface area contributed by atoms with Gasteiger partial charge in [-0.05, 0) is 33.2 Å². The van der Waals surface area contributed by atoms with Gasteiger partial charge >= 0.3 is 0 Å². The summed E-state index contributed by atoms with van der Waals surface area (Å²) in [5.74, 6) is 0.719. The summed E-state index contributed by atoms with van der Waals surface area (Å²) in [6, 6.07) is 0. The van der Waals surface area contributed by atoms with Gasteiger partial charge in [-0.1, -0.05) is 36.4 Å². The number of unbranched alkanes of at least 4 members (excludes halogenated alkanes) is 1. The average Bonchev–Trinajstić information content (AvgIpc) is 2.75. The summed E-state index contributed by atoms with van der Waals surface area (Å²) < 4.78 is 1.02. The molecule has 0 bridgehead atoms. The molecule has 1 unspecified atom stereocenters. The molecule has 5 nitrogen and oxygen atoms in total. The molecule has 1 atom stereocenters. The molecular formula is C12H22N4OS2. The van der Waals surface area contributed by atoms with Gasteiger partial charge in [-0.2, -0.15) is 0 Å². The van der Waals surface area contributed by atoms with E-state index in [1.165, 1.54) is 0 Å². The SMILES string of the molecule is CCNC(C)(CCCCSc1nnc(C)s1)C(N)=O. The second-order valence-electron chi connectivity index (χ2n) is 4.62. The molecule has 0 aliphatic heterocycles. The summed E-state index contributed by atoms with van der Waals surface area (Å²) in [5, 5.41) is 12.2. The highest BCUT2D eigenvalue weighted by Gasteiger charge is 2.28. The number of hydrogen-bond donors (Lipinski definition) is 2. The van der Waals surface area contributed by atoms with Crippen LogP contribution in [0, 0.1) is 6.92 Å². The summed E-state index contributed by atoms with van der Waals surface area (Å²) in [7, 11) is 0. The zero-order valence-corrected chi connectivity index (χ0v) is 13.4. The third-order valence-corrected chi connectivity index (χ3v) is 4.97. The Balaban J connectivity index is 2.24. The fourth-order valence-electron chi connectivity index (χ4n) is 1.77. The number of nitrogens with one attached hydrogen (secondary N) is 1. The Hall–Kier alpha value is -0.660. The quantitative estimate of drug-likeness (QED) is 0.538. The topological polar surface area (TPSA) is 80.9 Å². The lowest BCUT2D eigenvalue weighted by Crippen LogP contribution is -2.52. The van der Waals surface area contributed by atoms with Gasteiger partial charge in [0, 0.05) is 5.75 Å². The highest BCUT2D eigenvalue weighted by molar-refractivity contribution is 8.01. The van der Waals surface area contributed by atoms with Crippen LogP contribution < -0.4 is 11.1 Å². The van der Waals surface area contributed by atoms with E-state index in [0.29, 0.717) is 0 Å². The molecule has 1 rings (SSSR count). The van der Waals surface area contributed by atoms with Gasteiger partial charge in [-0.25, -0.2) is 0 Å². The first kappa shape index (κ1) is 16.4. The Kier molecular flexibility index (Phi) is 6.74. The number of amides is 1. The molecule has 1 amide bonds. The number of aromatic nitrogens is 2. The first-order valence-electron chi connectivity index (χ1n) is 6.46. The van der Waals surface area contributed by atoms with Crippen molar-refractivity contribution in [3.8, 4) is 0 Å². The van der Waals surface area contributed by atoms with E-state index >= 15 is 0 Å². The summed E-state index contributed by atoms with van der Waals surface area (Å²) in [6.45, 7) is 6.56. The lowest BCUT2D eigenvalue weighted by molar-refractivity contribution is -0.124. The number of rotatable bonds is 9. The molecule has 0 aromatic carbocycles. The van der Waals surface area contributed by atoms with E-state index in [-0.39, 0.29) is 5.91 Å². The molecule has 3 N–H and O–H groups in total. The van der Waals surface area contributed by atoms with E-state index in [9.17, 15) is 4.79 Å². The monoisotopic (exact) mass is 302 g/mol. The second-order valence-corrected chi connectivity index (χ2v) is 7.14. The average molecular weight is 302 g/mol. The number of carbonyl (C=O) groups is 1. The fourth-order valence-corrected chi connectivity index (χ4v) is 3.65. The van der Waals surface area contributed by atoms with Gasteiger partial charge in [0.25, 0.3) is 0 Å². The van der Waals surface area contributed by atoms with Gasteiger partial charge < -0.3 is 11.1 Å². The van der Waals surface area contributed by atoms with Gasteiger partial charge in [0.15, 0.2) is 4.34 Å². The zero-order chi connectivity index (χ0) is 14.3. The highest BCUT2D eigenvalue weighted by atomic mass is 32.2. The normalized spacial score (nSPS) is 14.3. The van der Waals surface area contributed by atoms with Crippen molar-refractivity contribution in [3.63, 3.8) is 0 Å². The van der Waals surface area contributed by atoms with Crippen LogP contribution in [0.15, 0.2) is 4.34 Å². The van der Waals surface area contributed by atoms with E-state index in [1.807, 2.05) is 20.8 Å². The molecule has 0 fully saturated rings. The molecule has 0 saturated heterocycles. The lowest BCUT2D eigenvalue weighted by atomic mass is 9.94. The lowest BCUT2D eigenvalue weighted by Gasteiger charge is -2.26. The Labute approximate surface area is 122 Å². The molecule has 1 aromatic rings. The van der Waals surface area contributed by atoms with E-state index in [2.05, 4.69) is 15.5 Å². The highest BCUT2D eigenvalue weighted by Crippen LogP contribution is 2.23. The van der Waals surface area contributed by atoms with Gasteiger partial charge in [0.1, 0.15) is 5.01 Å². The molecule has 0 aliphatic rings. The molecule has 7 heteroatoms. The Morgan fingerprint density at radius 2 is 2.21 bits per heavy atom. The zero-order valence-electron chi connectivity index (χ0n) is 11.7. The standard InChI is InChI=1S/C12H22N4OS2/c1-4-14-12(3,10(13)17)7-5-6-8-18-11-16-15-9(2)19-11/h14H,4-8H2,1-3H3,(H2,13,17). The van der Waals surface area contributed by atoms with Crippen LogP contribution in [0.5, 0.6) is 0 Å². The van der Waals surface area contributed by atoms with E-state index in [1.54, 1.807) is 23.1 Å². The summed E-state index contributed by atoms with van der Waals surface area (Å²) >= 11 is 3.34. The van der Waals surface area contributed by atoms with Crippen molar-refractivity contribution in [3.05, 3.63) is 5.01 Å². The van der Waals surface area contributed by atoms with Crippen molar-refractivity contribution < 1.29 is 4.79 Å². The van der Waals surface area contributed by atoms with Crippen LogP contribution in [0.2, 0.25) is 0 Å². The summed E-state index contributed by atoms with van der Waals surface area (Å²) in [6.07, 6.45) is 2.78. The smallest absolute Gasteiger partial charge is 0.237 e. The van der Waals surface area contributed by atoms with Crippen LogP contribution in [0.25, 0.3) is 0 Å². The number of hydrogen-bond acceptors (Lipinski definition) is 6. The van der Waals surface area contributed by atoms with Crippen molar-refractivity contribution in [1.29, 1.82) is 0 Å². The molecule has 19 heavy (non-hydrogen) atoms. The molecule has 0 saturated carbocycles. The number of nitrogens with two attached hydrogens (primary N) is 1. The third-order valence-electron chi connectivity index (χ3n) is 2.91. The van der Waals surface area contributed by atoms with Crippen molar-refractivity contribution in [2.45, 2.75) is 49.9 Å². The number of nitrogens with zero attached hydrogens (tertiary/aromatic N) is 2. The molecule has 108 valence electrons. The predicted octanol–water partition coefficient (Wildman–Crippen LogP) is 1.96. The molecule has 0 spiro atoms. The number of carbonyl (C=O) groups excluding carboxylic acids is 1. The molecule has 1 aromatic heterocycles. The summed E-state index contributed by atoms with van der Waals surface area (Å²) in [4.78, 5) is 11.4. The first-order valence-corrected chi connectivity index (χ1v) is 8.26. The van der Waals surface area contributed by atoms with Crippen LogP contribution >= 0.6 is 23.1 Å². The molecular weight excluding hydrogens is 280 g/mol. The molecule has 0 radical (unpaired) electrons. The van der Waals surface area contributed by atoms with Crippen LogP contribution in [0.1, 0.15) is 38.1 Å². The molecule has 1 heterocycles. The Morgan fingerprint density at radius 1 is 1.47 bits per heavy atom. The van der Waals surface area contributed by atoms with Gasteiger partial charge in [-0.15, -0.1) is 10.2 Å².